The van der Waals surface area contributed by atoms with Gasteiger partial charge in [0.05, 0.1) is 17.0 Å². The number of unbranched alkanes of at least 4 members (excludes halogenated alkanes) is 1. The molecule has 2 aromatic rings. The van der Waals surface area contributed by atoms with Gasteiger partial charge in [0.2, 0.25) is 21.8 Å². The number of hydrogen-bond donors (Lipinski definition) is 1. The number of carbonyl (C=O) groups excluding carboxylic acids is 2. The van der Waals surface area contributed by atoms with E-state index < -0.39 is 27.8 Å². The van der Waals surface area contributed by atoms with Crippen LogP contribution in [0.5, 0.6) is 0 Å². The molecule has 2 rings (SSSR count). The molecule has 0 saturated heterocycles. The second-order valence-electron chi connectivity index (χ2n) is 8.47. The highest BCUT2D eigenvalue weighted by atomic mass is 35.5. The summed E-state index contributed by atoms with van der Waals surface area (Å²) in [4.78, 5) is 27.2. The van der Waals surface area contributed by atoms with Crippen LogP contribution in [0.4, 0.5) is 10.1 Å². The number of rotatable bonds is 13. The summed E-state index contributed by atoms with van der Waals surface area (Å²) in [6.45, 7) is 3.94. The van der Waals surface area contributed by atoms with Crippen LogP contribution in [0.25, 0.3) is 0 Å². The van der Waals surface area contributed by atoms with Gasteiger partial charge in [-0.05, 0) is 44.0 Å². The number of benzene rings is 2. The van der Waals surface area contributed by atoms with Crippen molar-refractivity contribution in [2.45, 2.75) is 52.1 Å². The number of nitrogens with one attached hydrogen (secondary N) is 1. The Bertz CT molecular complexity index is 1160. The maximum absolute atomic E-state index is 14.3. The minimum absolute atomic E-state index is 0.0325. The lowest BCUT2D eigenvalue weighted by Gasteiger charge is -2.29. The van der Waals surface area contributed by atoms with Crippen LogP contribution in [0.3, 0.4) is 0 Å². The summed E-state index contributed by atoms with van der Waals surface area (Å²) in [6, 6.07) is 9.70. The summed E-state index contributed by atoms with van der Waals surface area (Å²) < 4.78 is 40.3. The van der Waals surface area contributed by atoms with Gasteiger partial charge < -0.3 is 10.2 Å². The lowest BCUT2D eigenvalue weighted by Crippen LogP contribution is -2.48. The normalized spacial score (nSPS) is 12.2. The molecule has 7 nitrogen and oxygen atoms in total. The van der Waals surface area contributed by atoms with E-state index >= 15 is 0 Å². The largest absolute Gasteiger partial charge is 0.354 e. The zero-order valence-corrected chi connectivity index (χ0v) is 23.0. The Morgan fingerprint density at radius 3 is 2.44 bits per heavy atom. The summed E-state index contributed by atoms with van der Waals surface area (Å²) in [7, 11) is -3.72. The molecule has 0 saturated carbocycles. The van der Waals surface area contributed by atoms with E-state index in [1.165, 1.54) is 23.1 Å². The van der Waals surface area contributed by atoms with Gasteiger partial charge in [-0.3, -0.25) is 13.9 Å². The molecule has 2 amide bonds. The monoisotopic (exact) mass is 559 g/mol. The molecule has 0 aliphatic carbocycles. The van der Waals surface area contributed by atoms with Crippen molar-refractivity contribution < 1.29 is 22.4 Å². The molecule has 198 valence electrons. The van der Waals surface area contributed by atoms with Crippen molar-refractivity contribution in [3.63, 3.8) is 0 Å². The zero-order valence-electron chi connectivity index (χ0n) is 20.6. The van der Waals surface area contributed by atoms with E-state index in [-0.39, 0.29) is 48.1 Å². The molecule has 1 atom stereocenters. The highest BCUT2D eigenvalue weighted by Gasteiger charge is 2.27. The summed E-state index contributed by atoms with van der Waals surface area (Å²) in [5.41, 5.74) is 0.494. The molecule has 0 heterocycles. The van der Waals surface area contributed by atoms with Gasteiger partial charge in [-0.25, -0.2) is 12.8 Å². The van der Waals surface area contributed by atoms with Crippen molar-refractivity contribution in [3.8, 4) is 0 Å². The molecule has 0 bridgehead atoms. The summed E-state index contributed by atoms with van der Waals surface area (Å²) >= 11 is 12.2. The average Bonchev–Trinajstić information content (AvgIpc) is 2.81. The molecule has 0 radical (unpaired) electrons. The zero-order chi connectivity index (χ0) is 26.9. The van der Waals surface area contributed by atoms with Crippen molar-refractivity contribution in [3.05, 3.63) is 63.9 Å². The van der Waals surface area contributed by atoms with Gasteiger partial charge >= 0.3 is 0 Å². The van der Waals surface area contributed by atoms with Crippen LogP contribution >= 0.6 is 23.2 Å². The van der Waals surface area contributed by atoms with Gasteiger partial charge in [0.15, 0.2) is 0 Å². The van der Waals surface area contributed by atoms with Crippen LogP contribution < -0.4 is 9.62 Å². The fourth-order valence-corrected chi connectivity index (χ4v) is 4.99. The Morgan fingerprint density at radius 2 is 1.81 bits per heavy atom. The quantitative estimate of drug-likeness (QED) is 0.349. The highest BCUT2D eigenvalue weighted by molar-refractivity contribution is 7.92. The number of carbonyl (C=O) groups is 2. The minimum atomic E-state index is -3.72. The number of amides is 2. The maximum atomic E-state index is 14.3. The van der Waals surface area contributed by atoms with E-state index in [0.29, 0.717) is 11.6 Å². The van der Waals surface area contributed by atoms with Crippen LogP contribution in [0.15, 0.2) is 42.5 Å². The second-order valence-corrected chi connectivity index (χ2v) is 11.2. The Labute approximate surface area is 222 Å². The topological polar surface area (TPSA) is 86.8 Å². The van der Waals surface area contributed by atoms with Crippen LogP contribution in [0, 0.1) is 5.82 Å². The Kier molecular flexibility index (Phi) is 11.5. The van der Waals surface area contributed by atoms with Crippen molar-refractivity contribution >= 4 is 50.7 Å². The third kappa shape index (κ3) is 8.64. The molecular weight excluding hydrogens is 528 g/mol. The Balaban J connectivity index is 2.19. The van der Waals surface area contributed by atoms with E-state index in [0.717, 1.165) is 23.4 Å². The standard InChI is InChI=1S/C25H32Cl2FN3O4S/c1-4-5-14-29-25(33)18(2)30(17-19-9-6-7-10-22(19)28)24(32)11-8-15-31(36(3,34)35)23-16-20(26)12-13-21(23)27/h6-7,9-10,12-13,16,18H,4-5,8,11,14-15,17H2,1-3H3,(H,29,33). The molecule has 0 aliphatic rings. The SMILES string of the molecule is CCCCNC(=O)C(C)N(Cc1ccccc1F)C(=O)CCCN(c1cc(Cl)ccc1Cl)S(C)(=O)=O. The molecular formula is C25H32Cl2FN3O4S. The molecule has 0 spiro atoms. The van der Waals surface area contributed by atoms with Gasteiger partial charge in [-0.15, -0.1) is 0 Å². The number of hydrogen-bond acceptors (Lipinski definition) is 4. The average molecular weight is 561 g/mol. The van der Waals surface area contributed by atoms with Gasteiger partial charge in [0.25, 0.3) is 0 Å². The van der Waals surface area contributed by atoms with Gasteiger partial charge in [-0.2, -0.15) is 0 Å². The molecule has 0 aliphatic heterocycles. The van der Waals surface area contributed by atoms with Gasteiger partial charge in [0.1, 0.15) is 11.9 Å². The predicted molar refractivity (Wildman–Crippen MR) is 142 cm³/mol. The van der Waals surface area contributed by atoms with Crippen LogP contribution in [0.1, 0.15) is 45.1 Å². The number of anilines is 1. The van der Waals surface area contributed by atoms with E-state index in [1.807, 2.05) is 6.92 Å². The van der Waals surface area contributed by atoms with Crippen LogP contribution in [0.2, 0.25) is 10.0 Å². The Morgan fingerprint density at radius 1 is 1.11 bits per heavy atom. The Hall–Kier alpha value is -2.36. The summed E-state index contributed by atoms with van der Waals surface area (Å²) in [6.07, 6.45) is 2.82. The third-order valence-corrected chi connectivity index (χ3v) is 7.36. The molecule has 2 aromatic carbocycles. The number of halogens is 3. The van der Waals surface area contributed by atoms with E-state index in [4.69, 9.17) is 23.2 Å². The van der Waals surface area contributed by atoms with Gasteiger partial charge in [0, 0.05) is 36.6 Å². The van der Waals surface area contributed by atoms with Gasteiger partial charge in [-0.1, -0.05) is 54.7 Å². The molecule has 36 heavy (non-hydrogen) atoms. The van der Waals surface area contributed by atoms with Crippen LogP contribution in [-0.4, -0.2) is 50.5 Å². The van der Waals surface area contributed by atoms with E-state index in [2.05, 4.69) is 5.32 Å². The number of sulfonamides is 1. The lowest BCUT2D eigenvalue weighted by molar-refractivity contribution is -0.140. The summed E-state index contributed by atoms with van der Waals surface area (Å²) in [5.74, 6) is -1.22. The van der Waals surface area contributed by atoms with Crippen molar-refractivity contribution in [2.75, 3.05) is 23.7 Å². The first kappa shape index (κ1) is 29.9. The first-order valence-corrected chi connectivity index (χ1v) is 14.3. The van der Waals surface area contributed by atoms with Crippen molar-refractivity contribution in [2.24, 2.45) is 0 Å². The third-order valence-electron chi connectivity index (χ3n) is 5.62. The first-order valence-electron chi connectivity index (χ1n) is 11.7. The molecule has 11 heteroatoms. The fourth-order valence-electron chi connectivity index (χ4n) is 3.59. The van der Waals surface area contributed by atoms with Crippen molar-refractivity contribution in [1.29, 1.82) is 0 Å². The smallest absolute Gasteiger partial charge is 0.242 e. The molecule has 0 aromatic heterocycles. The molecule has 1 N–H and O–H groups in total. The minimum Gasteiger partial charge on any atom is -0.354 e. The molecule has 1 unspecified atom stereocenters. The van der Waals surface area contributed by atoms with Crippen LogP contribution in [-0.2, 0) is 26.2 Å². The highest BCUT2D eigenvalue weighted by Crippen LogP contribution is 2.31. The maximum Gasteiger partial charge on any atom is 0.242 e. The lowest BCUT2D eigenvalue weighted by atomic mass is 10.1. The predicted octanol–water partition coefficient (Wildman–Crippen LogP) is 5.01. The first-order chi connectivity index (χ1) is 17.0. The van der Waals surface area contributed by atoms with E-state index in [1.54, 1.807) is 31.2 Å². The number of nitrogens with zero attached hydrogens (tertiary/aromatic N) is 2. The fraction of sp³-hybridized carbons (Fsp3) is 0.440. The molecule has 0 fully saturated rings. The summed E-state index contributed by atoms with van der Waals surface area (Å²) in [5, 5.41) is 3.33. The second kappa shape index (κ2) is 13.8. The van der Waals surface area contributed by atoms with E-state index in [9.17, 15) is 22.4 Å². The van der Waals surface area contributed by atoms with Crippen molar-refractivity contribution in [1.82, 2.24) is 10.2 Å².